The summed E-state index contributed by atoms with van der Waals surface area (Å²) in [6, 6.07) is 3.99. The fraction of sp³-hybridized carbons (Fsp3) is 0.417. The zero-order valence-electron chi connectivity index (χ0n) is 10.1. The third-order valence-electron chi connectivity index (χ3n) is 2.92. The van der Waals surface area contributed by atoms with Crippen LogP contribution >= 0.6 is 0 Å². The lowest BCUT2D eigenvalue weighted by Crippen LogP contribution is -2.53. The number of aromatic hydroxyl groups is 2. The predicted molar refractivity (Wildman–Crippen MR) is 64.4 cm³/mol. The first-order valence-electron chi connectivity index (χ1n) is 5.55. The molecule has 1 aromatic rings. The van der Waals surface area contributed by atoms with Crippen LogP contribution in [0.15, 0.2) is 18.2 Å². The molecule has 6 heteroatoms. The minimum absolute atomic E-state index is 0.116. The number of carbonyl (C=O) groups is 1. The molecule has 0 saturated heterocycles. The van der Waals surface area contributed by atoms with Crippen molar-refractivity contribution in [1.29, 1.82) is 0 Å². The van der Waals surface area contributed by atoms with E-state index in [9.17, 15) is 25.2 Å². The van der Waals surface area contributed by atoms with Gasteiger partial charge < -0.3 is 25.7 Å². The number of aliphatic hydroxyl groups excluding tert-OH is 2. The number of nitrogens with one attached hydrogen (secondary N) is 1. The van der Waals surface area contributed by atoms with Gasteiger partial charge in [0.05, 0.1) is 24.3 Å². The maximum Gasteiger partial charge on any atom is 0.255 e. The van der Waals surface area contributed by atoms with E-state index in [0.29, 0.717) is 6.42 Å². The Morgan fingerprint density at radius 2 is 1.89 bits per heavy atom. The molecule has 0 saturated carbocycles. The molecule has 1 amide bonds. The Bertz CT molecular complexity index is 420. The first-order chi connectivity index (χ1) is 8.49. The molecule has 1 rings (SSSR count). The summed E-state index contributed by atoms with van der Waals surface area (Å²) in [5, 5.41) is 39.7. The normalized spacial score (nSPS) is 11.3. The number of benzene rings is 1. The largest absolute Gasteiger partial charge is 0.504 e. The number of carbonyl (C=O) groups excluding carboxylic acids is 1. The molecule has 0 heterocycles. The van der Waals surface area contributed by atoms with Crippen molar-refractivity contribution < 1.29 is 25.2 Å². The zero-order valence-corrected chi connectivity index (χ0v) is 10.1. The summed E-state index contributed by atoms with van der Waals surface area (Å²) >= 11 is 0. The van der Waals surface area contributed by atoms with E-state index in [2.05, 4.69) is 5.32 Å². The number of para-hydroxylation sites is 1. The third-order valence-corrected chi connectivity index (χ3v) is 2.92. The SMILES string of the molecule is CCC(CO)(CO)NC(=O)c1cccc(O)c1O. The van der Waals surface area contributed by atoms with E-state index in [1.807, 2.05) is 0 Å². The van der Waals surface area contributed by atoms with Crippen molar-refractivity contribution >= 4 is 5.91 Å². The van der Waals surface area contributed by atoms with Gasteiger partial charge in [0.15, 0.2) is 11.5 Å². The Morgan fingerprint density at radius 1 is 1.28 bits per heavy atom. The van der Waals surface area contributed by atoms with Crippen LogP contribution in [-0.4, -0.2) is 45.1 Å². The molecule has 0 unspecified atom stereocenters. The number of hydrogen-bond acceptors (Lipinski definition) is 5. The molecule has 0 radical (unpaired) electrons. The maximum absolute atomic E-state index is 11.9. The van der Waals surface area contributed by atoms with Crippen LogP contribution in [0.3, 0.4) is 0 Å². The molecular weight excluding hydrogens is 238 g/mol. The summed E-state index contributed by atoms with van der Waals surface area (Å²) in [5.74, 6) is -1.61. The number of amides is 1. The van der Waals surface area contributed by atoms with Gasteiger partial charge in [-0.15, -0.1) is 0 Å². The van der Waals surface area contributed by atoms with Crippen molar-refractivity contribution in [3.8, 4) is 11.5 Å². The number of hydrogen-bond donors (Lipinski definition) is 5. The molecule has 0 spiro atoms. The molecule has 0 bridgehead atoms. The van der Waals surface area contributed by atoms with Crippen molar-refractivity contribution in [1.82, 2.24) is 5.32 Å². The van der Waals surface area contributed by atoms with Gasteiger partial charge in [0.25, 0.3) is 5.91 Å². The van der Waals surface area contributed by atoms with Gasteiger partial charge >= 0.3 is 0 Å². The lowest BCUT2D eigenvalue weighted by atomic mass is 9.97. The Morgan fingerprint density at radius 3 is 2.39 bits per heavy atom. The van der Waals surface area contributed by atoms with E-state index in [-0.39, 0.29) is 5.56 Å². The van der Waals surface area contributed by atoms with Crippen molar-refractivity contribution in [2.45, 2.75) is 18.9 Å². The maximum atomic E-state index is 11.9. The molecule has 0 aliphatic carbocycles. The highest BCUT2D eigenvalue weighted by atomic mass is 16.3. The van der Waals surface area contributed by atoms with Crippen LogP contribution in [0.1, 0.15) is 23.7 Å². The first-order valence-corrected chi connectivity index (χ1v) is 5.55. The second-order valence-corrected chi connectivity index (χ2v) is 4.08. The Labute approximate surface area is 105 Å². The molecule has 0 aliphatic rings. The minimum Gasteiger partial charge on any atom is -0.504 e. The fourth-order valence-electron chi connectivity index (χ4n) is 1.46. The molecule has 0 aliphatic heterocycles. The average molecular weight is 255 g/mol. The molecule has 0 fully saturated rings. The van der Waals surface area contributed by atoms with Gasteiger partial charge in [-0.25, -0.2) is 0 Å². The van der Waals surface area contributed by atoms with Gasteiger partial charge in [0.2, 0.25) is 0 Å². The lowest BCUT2D eigenvalue weighted by Gasteiger charge is -2.29. The quantitative estimate of drug-likeness (QED) is 0.474. The highest BCUT2D eigenvalue weighted by Gasteiger charge is 2.30. The highest BCUT2D eigenvalue weighted by Crippen LogP contribution is 2.28. The molecule has 1 aromatic carbocycles. The molecule has 0 aromatic heterocycles. The van der Waals surface area contributed by atoms with Crippen LogP contribution in [0.2, 0.25) is 0 Å². The summed E-state index contributed by atoms with van der Waals surface area (Å²) in [6.45, 7) is 0.853. The van der Waals surface area contributed by atoms with Crippen molar-refractivity contribution in [2.24, 2.45) is 0 Å². The molecular formula is C12H17NO5. The van der Waals surface area contributed by atoms with Gasteiger partial charge in [-0.1, -0.05) is 13.0 Å². The van der Waals surface area contributed by atoms with Crippen LogP contribution in [0, 0.1) is 0 Å². The number of phenols is 2. The molecule has 5 N–H and O–H groups in total. The van der Waals surface area contributed by atoms with Crippen LogP contribution in [-0.2, 0) is 0 Å². The van der Waals surface area contributed by atoms with Gasteiger partial charge in [0, 0.05) is 0 Å². The second-order valence-electron chi connectivity index (χ2n) is 4.08. The van der Waals surface area contributed by atoms with E-state index in [1.54, 1.807) is 6.92 Å². The molecule has 100 valence electrons. The highest BCUT2D eigenvalue weighted by molar-refractivity contribution is 5.98. The predicted octanol–water partition coefficient (Wildman–Crippen LogP) is -0.0390. The molecule has 6 nitrogen and oxygen atoms in total. The van der Waals surface area contributed by atoms with E-state index >= 15 is 0 Å². The van der Waals surface area contributed by atoms with Crippen LogP contribution in [0.5, 0.6) is 11.5 Å². The standard InChI is InChI=1S/C12H17NO5/c1-2-12(6-14,7-15)13-11(18)8-4-3-5-9(16)10(8)17/h3-5,14-17H,2,6-7H2,1H3,(H,13,18). The van der Waals surface area contributed by atoms with E-state index < -0.39 is 36.2 Å². The third kappa shape index (κ3) is 2.72. The Balaban J connectivity index is 2.98. The molecule has 0 atom stereocenters. The summed E-state index contributed by atoms with van der Waals surface area (Å²) in [5.41, 5.74) is -1.26. The van der Waals surface area contributed by atoms with Gasteiger partial charge in [-0.3, -0.25) is 4.79 Å². The fourth-order valence-corrected chi connectivity index (χ4v) is 1.46. The number of phenolic OH excluding ortho intramolecular Hbond substituents is 2. The van der Waals surface area contributed by atoms with Gasteiger partial charge in [-0.05, 0) is 18.6 Å². The van der Waals surface area contributed by atoms with E-state index in [4.69, 9.17) is 0 Å². The van der Waals surface area contributed by atoms with Crippen molar-refractivity contribution in [3.05, 3.63) is 23.8 Å². The van der Waals surface area contributed by atoms with Gasteiger partial charge in [-0.2, -0.15) is 0 Å². The van der Waals surface area contributed by atoms with Gasteiger partial charge in [0.1, 0.15) is 0 Å². The molecule has 18 heavy (non-hydrogen) atoms. The van der Waals surface area contributed by atoms with Crippen molar-refractivity contribution in [2.75, 3.05) is 13.2 Å². The summed E-state index contributed by atoms with van der Waals surface area (Å²) in [4.78, 5) is 11.9. The Kier molecular flexibility index (Phi) is 4.52. The first kappa shape index (κ1) is 14.3. The van der Waals surface area contributed by atoms with Crippen LogP contribution in [0.25, 0.3) is 0 Å². The lowest BCUT2D eigenvalue weighted by molar-refractivity contribution is 0.0650. The smallest absolute Gasteiger partial charge is 0.255 e. The number of rotatable bonds is 5. The zero-order chi connectivity index (χ0) is 13.8. The Hall–Kier alpha value is -1.79. The van der Waals surface area contributed by atoms with E-state index in [0.717, 1.165) is 0 Å². The van der Waals surface area contributed by atoms with Crippen LogP contribution in [0.4, 0.5) is 0 Å². The number of aliphatic hydroxyl groups is 2. The van der Waals surface area contributed by atoms with Crippen molar-refractivity contribution in [3.63, 3.8) is 0 Å². The van der Waals surface area contributed by atoms with E-state index in [1.165, 1.54) is 18.2 Å². The van der Waals surface area contributed by atoms with Crippen LogP contribution < -0.4 is 5.32 Å². The second kappa shape index (κ2) is 5.70. The average Bonchev–Trinajstić information content (AvgIpc) is 2.39. The minimum atomic E-state index is -1.14. The summed E-state index contributed by atoms with van der Waals surface area (Å²) in [6.07, 6.45) is 0.325. The monoisotopic (exact) mass is 255 g/mol. The topological polar surface area (TPSA) is 110 Å². The summed E-state index contributed by atoms with van der Waals surface area (Å²) < 4.78 is 0. The summed E-state index contributed by atoms with van der Waals surface area (Å²) in [7, 11) is 0.